The van der Waals surface area contributed by atoms with Crippen molar-refractivity contribution in [1.29, 1.82) is 0 Å². The minimum Gasteiger partial charge on any atom is -0.228 e. The molecule has 0 atom stereocenters. The molecule has 10 aromatic rings. The molecule has 9 aromatic carbocycles. The molecular weight excluding hydrogens is 737 g/mol. The summed E-state index contributed by atoms with van der Waals surface area (Å²) >= 11 is 0. The van der Waals surface area contributed by atoms with Crippen molar-refractivity contribution in [2.24, 2.45) is 0 Å². The smallest absolute Gasteiger partial charge is 0.160 e. The summed E-state index contributed by atoms with van der Waals surface area (Å²) < 4.78 is 0. The van der Waals surface area contributed by atoms with Crippen molar-refractivity contribution >= 4 is 0 Å². The van der Waals surface area contributed by atoms with Crippen LogP contribution >= 0.6 is 0 Å². The van der Waals surface area contributed by atoms with Crippen molar-refractivity contribution < 1.29 is 0 Å². The highest BCUT2D eigenvalue weighted by molar-refractivity contribution is 5.99. The minimum atomic E-state index is -0.426. The van der Waals surface area contributed by atoms with Gasteiger partial charge in [0.15, 0.2) is 5.82 Å². The van der Waals surface area contributed by atoms with E-state index in [1.54, 1.807) is 0 Å². The van der Waals surface area contributed by atoms with Gasteiger partial charge >= 0.3 is 0 Å². The molecule has 284 valence electrons. The standard InChI is InChI=1S/C59H38N2/c1-4-16-39(17-5-1)40-28-32-44(33-29-40)57-38-56(43-20-8-3-9-21-43)60-58(61-57)45-34-30-42(31-35-45)50-37-55-51(36-49(50)41-18-6-2-7-19-41)48-24-12-15-27-54(48)59(55)52-25-13-10-22-46(52)47-23-11-14-26-53(47)59/h1-38H. The molecule has 1 aromatic heterocycles. The first-order valence-electron chi connectivity index (χ1n) is 21.0. The van der Waals surface area contributed by atoms with E-state index in [4.69, 9.17) is 9.97 Å². The van der Waals surface area contributed by atoms with Gasteiger partial charge in [-0.3, -0.25) is 0 Å². The lowest BCUT2D eigenvalue weighted by Gasteiger charge is -2.31. The molecule has 0 radical (unpaired) electrons. The quantitative estimate of drug-likeness (QED) is 0.168. The fourth-order valence-electron chi connectivity index (χ4n) is 9.98. The van der Waals surface area contributed by atoms with E-state index in [0.29, 0.717) is 5.82 Å². The van der Waals surface area contributed by atoms with E-state index in [1.807, 2.05) is 6.07 Å². The fourth-order valence-corrected chi connectivity index (χ4v) is 9.98. The van der Waals surface area contributed by atoms with Gasteiger partial charge in [0.05, 0.1) is 16.8 Å². The molecule has 2 nitrogen and oxygen atoms in total. The van der Waals surface area contributed by atoms with Gasteiger partial charge in [-0.1, -0.05) is 212 Å². The second-order valence-corrected chi connectivity index (χ2v) is 16.0. The summed E-state index contributed by atoms with van der Waals surface area (Å²) in [7, 11) is 0. The molecule has 0 fully saturated rings. The van der Waals surface area contributed by atoms with E-state index in [-0.39, 0.29) is 0 Å². The lowest BCUT2D eigenvalue weighted by Crippen LogP contribution is -2.25. The third kappa shape index (κ3) is 5.57. The molecule has 61 heavy (non-hydrogen) atoms. The fraction of sp³-hybridized carbons (Fsp3) is 0.0169. The van der Waals surface area contributed by atoms with Crippen LogP contribution in [0.5, 0.6) is 0 Å². The third-order valence-corrected chi connectivity index (χ3v) is 12.8. The molecule has 0 bridgehead atoms. The second-order valence-electron chi connectivity index (χ2n) is 16.0. The average molecular weight is 775 g/mol. The molecule has 2 heteroatoms. The van der Waals surface area contributed by atoms with Crippen LogP contribution in [0.1, 0.15) is 22.3 Å². The number of aromatic nitrogens is 2. The zero-order chi connectivity index (χ0) is 40.3. The highest BCUT2D eigenvalue weighted by Gasteiger charge is 2.51. The van der Waals surface area contributed by atoms with Crippen LogP contribution in [0.2, 0.25) is 0 Å². The molecule has 2 aliphatic rings. The average Bonchev–Trinajstić information content (AvgIpc) is 3.81. The van der Waals surface area contributed by atoms with Crippen molar-refractivity contribution in [3.8, 4) is 89.5 Å². The maximum absolute atomic E-state index is 5.22. The van der Waals surface area contributed by atoms with Crippen molar-refractivity contribution in [3.63, 3.8) is 0 Å². The van der Waals surface area contributed by atoms with E-state index < -0.39 is 5.41 Å². The maximum Gasteiger partial charge on any atom is 0.160 e. The van der Waals surface area contributed by atoms with Gasteiger partial charge in [-0.2, -0.15) is 0 Å². The van der Waals surface area contributed by atoms with Gasteiger partial charge in [0.25, 0.3) is 0 Å². The molecule has 0 N–H and O–H groups in total. The van der Waals surface area contributed by atoms with Crippen molar-refractivity contribution in [1.82, 2.24) is 9.97 Å². The Morgan fingerprint density at radius 2 is 0.590 bits per heavy atom. The third-order valence-electron chi connectivity index (χ3n) is 12.8. The topological polar surface area (TPSA) is 25.8 Å². The Hall–Kier alpha value is -7.94. The lowest BCUT2D eigenvalue weighted by molar-refractivity contribution is 0.794. The van der Waals surface area contributed by atoms with Crippen molar-refractivity contribution in [3.05, 3.63) is 253 Å². The molecular formula is C59H38N2. The summed E-state index contributed by atoms with van der Waals surface area (Å²) in [5.41, 5.74) is 22.1. The predicted molar refractivity (Wildman–Crippen MR) is 251 cm³/mol. The highest BCUT2D eigenvalue weighted by atomic mass is 14.9. The SMILES string of the molecule is c1ccc(-c2ccc(-c3cc(-c4ccccc4)nc(-c4ccc(-c5cc6c(cc5-c5ccccc5)-c5ccccc5C65c6ccccc6-c6ccccc65)cc4)n3)cc2)cc1. The molecule has 0 saturated heterocycles. The summed E-state index contributed by atoms with van der Waals surface area (Å²) in [4.78, 5) is 10.4. The van der Waals surface area contributed by atoms with Gasteiger partial charge in [0.1, 0.15) is 0 Å². The van der Waals surface area contributed by atoms with Gasteiger partial charge in [-0.25, -0.2) is 9.97 Å². The van der Waals surface area contributed by atoms with Gasteiger partial charge in [0, 0.05) is 16.7 Å². The van der Waals surface area contributed by atoms with E-state index >= 15 is 0 Å². The molecule has 0 saturated carbocycles. The van der Waals surface area contributed by atoms with Crippen molar-refractivity contribution in [2.75, 3.05) is 0 Å². The van der Waals surface area contributed by atoms with Gasteiger partial charge in [0.2, 0.25) is 0 Å². The van der Waals surface area contributed by atoms with E-state index in [0.717, 1.165) is 33.6 Å². The molecule has 12 rings (SSSR count). The first-order valence-corrected chi connectivity index (χ1v) is 21.0. The number of nitrogens with zero attached hydrogens (tertiary/aromatic N) is 2. The number of hydrogen-bond donors (Lipinski definition) is 0. The number of rotatable bonds is 6. The summed E-state index contributed by atoms with van der Waals surface area (Å²) in [5, 5.41) is 0. The van der Waals surface area contributed by atoms with E-state index in [2.05, 4.69) is 224 Å². The summed E-state index contributed by atoms with van der Waals surface area (Å²) in [6, 6.07) is 83.4. The number of benzene rings is 9. The first-order chi connectivity index (χ1) is 30.2. The van der Waals surface area contributed by atoms with E-state index in [1.165, 1.54) is 72.3 Å². The van der Waals surface area contributed by atoms with Gasteiger partial charge in [-0.15, -0.1) is 0 Å². The summed E-state index contributed by atoms with van der Waals surface area (Å²) in [6.07, 6.45) is 0. The summed E-state index contributed by atoms with van der Waals surface area (Å²) in [5.74, 6) is 0.695. The minimum absolute atomic E-state index is 0.426. The van der Waals surface area contributed by atoms with Crippen LogP contribution in [0.4, 0.5) is 0 Å². The van der Waals surface area contributed by atoms with E-state index in [9.17, 15) is 0 Å². The van der Waals surface area contributed by atoms with Crippen LogP contribution < -0.4 is 0 Å². The summed E-state index contributed by atoms with van der Waals surface area (Å²) in [6.45, 7) is 0. The Morgan fingerprint density at radius 1 is 0.230 bits per heavy atom. The van der Waals surface area contributed by atoms with Crippen LogP contribution in [-0.4, -0.2) is 9.97 Å². The van der Waals surface area contributed by atoms with Crippen LogP contribution in [0, 0.1) is 0 Å². The van der Waals surface area contributed by atoms with Crippen LogP contribution in [0.3, 0.4) is 0 Å². The highest BCUT2D eigenvalue weighted by Crippen LogP contribution is 2.63. The monoisotopic (exact) mass is 774 g/mol. The molecule has 0 unspecified atom stereocenters. The normalized spacial score (nSPS) is 12.7. The zero-order valence-electron chi connectivity index (χ0n) is 33.3. The van der Waals surface area contributed by atoms with Crippen LogP contribution in [-0.2, 0) is 5.41 Å². The molecule has 0 aliphatic heterocycles. The Kier molecular flexibility index (Phi) is 8.11. The van der Waals surface area contributed by atoms with Gasteiger partial charge < -0.3 is 0 Å². The molecule has 1 spiro atoms. The van der Waals surface area contributed by atoms with Gasteiger partial charge in [-0.05, 0) is 96.1 Å². The molecule has 2 aliphatic carbocycles. The Morgan fingerprint density at radius 3 is 1.15 bits per heavy atom. The van der Waals surface area contributed by atoms with Crippen molar-refractivity contribution in [2.45, 2.75) is 5.41 Å². The van der Waals surface area contributed by atoms with Crippen LogP contribution in [0.15, 0.2) is 231 Å². The number of fused-ring (bicyclic) bond motifs is 10. The molecule has 1 heterocycles. The van der Waals surface area contributed by atoms with Crippen LogP contribution in [0.25, 0.3) is 89.5 Å². The lowest BCUT2D eigenvalue weighted by atomic mass is 9.70. The first kappa shape index (κ1) is 35.0. The second kappa shape index (κ2) is 14.1. The predicted octanol–water partition coefficient (Wildman–Crippen LogP) is 14.8. The molecule has 0 amide bonds. The Balaban J connectivity index is 1.02. The number of hydrogen-bond acceptors (Lipinski definition) is 2. The Labute approximate surface area is 356 Å². The maximum atomic E-state index is 5.22. The largest absolute Gasteiger partial charge is 0.228 e. The zero-order valence-corrected chi connectivity index (χ0v) is 33.3. The Bertz CT molecular complexity index is 3220.